The predicted octanol–water partition coefficient (Wildman–Crippen LogP) is 3.13. The van der Waals surface area contributed by atoms with E-state index >= 15 is 0 Å². The summed E-state index contributed by atoms with van der Waals surface area (Å²) in [6.07, 6.45) is 5.10. The number of nitrogens with one attached hydrogen (secondary N) is 1. The Morgan fingerprint density at radius 3 is 2.83 bits per heavy atom. The Balaban J connectivity index is 1.44. The van der Waals surface area contributed by atoms with Gasteiger partial charge in [-0.25, -0.2) is 9.97 Å². The zero-order chi connectivity index (χ0) is 15.9. The van der Waals surface area contributed by atoms with E-state index in [2.05, 4.69) is 43.8 Å². The van der Waals surface area contributed by atoms with Crippen LogP contribution >= 0.6 is 11.3 Å². The molecule has 1 N–H and O–H groups in total. The van der Waals surface area contributed by atoms with Crippen LogP contribution in [0.2, 0.25) is 0 Å². The molecule has 23 heavy (non-hydrogen) atoms. The standard InChI is InChI=1S/C18H26N4S/c1-15-20-16(14-17(21-15)18-6-5-13-23-18)7-8-19-9-12-22-10-3-2-4-11-22/h5-6,13-14,19H,2-4,7-12H2,1H3. The van der Waals surface area contributed by atoms with Crippen LogP contribution in [0.25, 0.3) is 10.6 Å². The van der Waals surface area contributed by atoms with Gasteiger partial charge in [-0.2, -0.15) is 0 Å². The third-order valence-corrected chi connectivity index (χ3v) is 5.17. The van der Waals surface area contributed by atoms with Crippen LogP contribution in [0.4, 0.5) is 0 Å². The van der Waals surface area contributed by atoms with E-state index in [4.69, 9.17) is 0 Å². The van der Waals surface area contributed by atoms with Gasteiger partial charge in [0.2, 0.25) is 0 Å². The molecule has 2 aromatic heterocycles. The van der Waals surface area contributed by atoms with E-state index in [1.165, 1.54) is 43.8 Å². The first-order valence-corrected chi connectivity index (χ1v) is 9.51. The van der Waals surface area contributed by atoms with E-state index in [1.807, 2.05) is 6.92 Å². The van der Waals surface area contributed by atoms with Crippen molar-refractivity contribution < 1.29 is 0 Å². The van der Waals surface area contributed by atoms with Gasteiger partial charge in [-0.15, -0.1) is 11.3 Å². The van der Waals surface area contributed by atoms with E-state index in [9.17, 15) is 0 Å². The van der Waals surface area contributed by atoms with Crippen molar-refractivity contribution in [3.05, 3.63) is 35.1 Å². The summed E-state index contributed by atoms with van der Waals surface area (Å²) in [5.41, 5.74) is 2.18. The van der Waals surface area contributed by atoms with Crippen molar-refractivity contribution in [2.45, 2.75) is 32.6 Å². The lowest BCUT2D eigenvalue weighted by atomic mass is 10.1. The fraction of sp³-hybridized carbons (Fsp3) is 0.556. The van der Waals surface area contributed by atoms with Crippen molar-refractivity contribution in [1.82, 2.24) is 20.2 Å². The Kier molecular flexibility index (Phi) is 6.13. The maximum Gasteiger partial charge on any atom is 0.126 e. The molecule has 0 saturated carbocycles. The molecule has 2 aromatic rings. The quantitative estimate of drug-likeness (QED) is 0.792. The highest BCUT2D eigenvalue weighted by atomic mass is 32.1. The number of piperidine rings is 1. The van der Waals surface area contributed by atoms with Crippen molar-refractivity contribution in [2.24, 2.45) is 0 Å². The van der Waals surface area contributed by atoms with Crippen molar-refractivity contribution >= 4 is 11.3 Å². The zero-order valence-electron chi connectivity index (χ0n) is 13.9. The summed E-state index contributed by atoms with van der Waals surface area (Å²) in [7, 11) is 0. The molecule has 124 valence electrons. The van der Waals surface area contributed by atoms with Gasteiger partial charge < -0.3 is 10.2 Å². The lowest BCUT2D eigenvalue weighted by Crippen LogP contribution is -2.36. The van der Waals surface area contributed by atoms with Crippen LogP contribution in [0.3, 0.4) is 0 Å². The van der Waals surface area contributed by atoms with Gasteiger partial charge in [0.25, 0.3) is 0 Å². The second-order valence-corrected chi connectivity index (χ2v) is 7.12. The highest BCUT2D eigenvalue weighted by Gasteiger charge is 2.09. The van der Waals surface area contributed by atoms with Crippen molar-refractivity contribution in [1.29, 1.82) is 0 Å². The van der Waals surface area contributed by atoms with E-state index in [-0.39, 0.29) is 0 Å². The number of hydrogen-bond donors (Lipinski definition) is 1. The first-order chi connectivity index (χ1) is 11.3. The summed E-state index contributed by atoms with van der Waals surface area (Å²) >= 11 is 1.73. The summed E-state index contributed by atoms with van der Waals surface area (Å²) in [6, 6.07) is 6.32. The monoisotopic (exact) mass is 330 g/mol. The lowest BCUT2D eigenvalue weighted by Gasteiger charge is -2.26. The van der Waals surface area contributed by atoms with E-state index in [0.717, 1.165) is 36.7 Å². The molecule has 0 aliphatic carbocycles. The van der Waals surface area contributed by atoms with Crippen LogP contribution in [0.5, 0.6) is 0 Å². The Hall–Kier alpha value is -1.30. The summed E-state index contributed by atoms with van der Waals surface area (Å²) < 4.78 is 0. The number of aryl methyl sites for hydroxylation is 1. The minimum atomic E-state index is 0.860. The number of aromatic nitrogens is 2. The molecule has 0 unspecified atom stereocenters. The second kappa shape index (κ2) is 8.52. The lowest BCUT2D eigenvalue weighted by molar-refractivity contribution is 0.229. The molecule has 0 bridgehead atoms. The van der Waals surface area contributed by atoms with Gasteiger partial charge in [0.15, 0.2) is 0 Å². The van der Waals surface area contributed by atoms with Gasteiger partial charge in [0.1, 0.15) is 5.82 Å². The molecular formula is C18H26N4S. The summed E-state index contributed by atoms with van der Waals surface area (Å²) in [5, 5.41) is 5.65. The summed E-state index contributed by atoms with van der Waals surface area (Å²) in [6.45, 7) is 7.75. The Morgan fingerprint density at radius 2 is 2.04 bits per heavy atom. The number of nitrogens with zero attached hydrogens (tertiary/aromatic N) is 3. The van der Waals surface area contributed by atoms with Crippen LogP contribution in [-0.4, -0.2) is 47.6 Å². The molecule has 1 fully saturated rings. The molecule has 5 heteroatoms. The minimum Gasteiger partial charge on any atom is -0.315 e. The van der Waals surface area contributed by atoms with Crippen LogP contribution in [0, 0.1) is 6.92 Å². The highest BCUT2D eigenvalue weighted by molar-refractivity contribution is 7.13. The highest BCUT2D eigenvalue weighted by Crippen LogP contribution is 2.23. The topological polar surface area (TPSA) is 41.1 Å². The maximum atomic E-state index is 4.57. The molecule has 0 aromatic carbocycles. The SMILES string of the molecule is Cc1nc(CCNCCN2CCCCC2)cc(-c2cccs2)n1. The minimum absolute atomic E-state index is 0.860. The molecule has 3 rings (SSSR count). The molecular weight excluding hydrogens is 304 g/mol. The van der Waals surface area contributed by atoms with Crippen molar-refractivity contribution in [3.8, 4) is 10.6 Å². The second-order valence-electron chi connectivity index (χ2n) is 6.17. The molecule has 0 spiro atoms. The molecule has 1 saturated heterocycles. The molecule has 3 heterocycles. The fourth-order valence-electron chi connectivity index (χ4n) is 3.07. The van der Waals surface area contributed by atoms with E-state index < -0.39 is 0 Å². The molecule has 1 aliphatic heterocycles. The Morgan fingerprint density at radius 1 is 1.17 bits per heavy atom. The predicted molar refractivity (Wildman–Crippen MR) is 96.9 cm³/mol. The number of rotatable bonds is 7. The zero-order valence-corrected chi connectivity index (χ0v) is 14.7. The third kappa shape index (κ3) is 5.09. The Labute approximate surface area is 143 Å². The molecule has 0 radical (unpaired) electrons. The summed E-state index contributed by atoms with van der Waals surface area (Å²) in [5.74, 6) is 0.860. The average molecular weight is 331 g/mol. The molecule has 0 amide bonds. The normalized spacial score (nSPS) is 15.9. The third-order valence-electron chi connectivity index (χ3n) is 4.28. The average Bonchev–Trinajstić information content (AvgIpc) is 3.10. The first kappa shape index (κ1) is 16.6. The van der Waals surface area contributed by atoms with Gasteiger partial charge >= 0.3 is 0 Å². The van der Waals surface area contributed by atoms with Gasteiger partial charge in [-0.05, 0) is 50.4 Å². The van der Waals surface area contributed by atoms with Gasteiger partial charge in [-0.3, -0.25) is 0 Å². The largest absolute Gasteiger partial charge is 0.315 e. The number of thiophene rings is 1. The summed E-state index contributed by atoms with van der Waals surface area (Å²) in [4.78, 5) is 12.9. The van der Waals surface area contributed by atoms with Gasteiger partial charge in [-0.1, -0.05) is 12.5 Å². The smallest absolute Gasteiger partial charge is 0.126 e. The van der Waals surface area contributed by atoms with E-state index in [1.54, 1.807) is 11.3 Å². The van der Waals surface area contributed by atoms with Crippen LogP contribution in [-0.2, 0) is 6.42 Å². The van der Waals surface area contributed by atoms with Crippen molar-refractivity contribution in [2.75, 3.05) is 32.7 Å². The van der Waals surface area contributed by atoms with Crippen LogP contribution in [0.1, 0.15) is 30.8 Å². The van der Waals surface area contributed by atoms with Gasteiger partial charge in [0, 0.05) is 31.7 Å². The van der Waals surface area contributed by atoms with Crippen LogP contribution < -0.4 is 5.32 Å². The number of hydrogen-bond acceptors (Lipinski definition) is 5. The van der Waals surface area contributed by atoms with Crippen LogP contribution in [0.15, 0.2) is 23.6 Å². The van der Waals surface area contributed by atoms with E-state index in [0.29, 0.717) is 0 Å². The molecule has 4 nitrogen and oxygen atoms in total. The van der Waals surface area contributed by atoms with Gasteiger partial charge in [0.05, 0.1) is 10.6 Å². The molecule has 1 aliphatic rings. The Bertz CT molecular complexity index is 591. The first-order valence-electron chi connectivity index (χ1n) is 8.63. The fourth-order valence-corrected chi connectivity index (χ4v) is 3.76. The number of likely N-dealkylation sites (tertiary alicyclic amines) is 1. The maximum absolute atomic E-state index is 4.57. The molecule has 0 atom stereocenters. The van der Waals surface area contributed by atoms with Crippen molar-refractivity contribution in [3.63, 3.8) is 0 Å².